The van der Waals surface area contributed by atoms with Crippen molar-refractivity contribution in [2.45, 2.75) is 10.6 Å². The van der Waals surface area contributed by atoms with E-state index in [0.29, 0.717) is 21.0 Å². The van der Waals surface area contributed by atoms with Gasteiger partial charge in [-0.2, -0.15) is 5.26 Å². The highest BCUT2D eigenvalue weighted by Gasteiger charge is 2.11. The second-order valence-corrected chi connectivity index (χ2v) is 6.10. The molecule has 0 aliphatic carbocycles. The van der Waals surface area contributed by atoms with Crippen LogP contribution in [0.4, 0.5) is 0 Å². The Morgan fingerprint density at radius 3 is 2.67 bits per heavy atom. The zero-order valence-electron chi connectivity index (χ0n) is 10.7. The van der Waals surface area contributed by atoms with Crippen LogP contribution < -0.4 is 0 Å². The molecule has 106 valence electrons. The monoisotopic (exact) mass is 319 g/mol. The first-order valence-electron chi connectivity index (χ1n) is 5.91. The minimum atomic E-state index is -1.41. The van der Waals surface area contributed by atoms with Crippen molar-refractivity contribution >= 4 is 28.4 Å². The summed E-state index contributed by atoms with van der Waals surface area (Å²) >= 11 is 6.04. The molecule has 1 atom stereocenters. The zero-order valence-corrected chi connectivity index (χ0v) is 12.3. The van der Waals surface area contributed by atoms with E-state index in [1.54, 1.807) is 24.3 Å². The summed E-state index contributed by atoms with van der Waals surface area (Å²) < 4.78 is 12.3. The Hall–Kier alpha value is -2.16. The molecule has 1 N–H and O–H groups in total. The standard InChI is InChI=1S/C15H10ClNO3S/c16-14-6-10(8-17)4-5-12(14)9-21(20)13-3-1-2-11(7-13)15(18)19/h1-7H,9H2,(H,18,19). The molecular weight excluding hydrogens is 310 g/mol. The van der Waals surface area contributed by atoms with E-state index in [9.17, 15) is 9.00 Å². The first-order chi connectivity index (χ1) is 10.0. The van der Waals surface area contributed by atoms with Gasteiger partial charge >= 0.3 is 5.97 Å². The lowest BCUT2D eigenvalue weighted by molar-refractivity contribution is 0.0696. The molecule has 0 amide bonds. The van der Waals surface area contributed by atoms with Crippen molar-refractivity contribution < 1.29 is 14.1 Å². The van der Waals surface area contributed by atoms with Gasteiger partial charge in [-0.15, -0.1) is 0 Å². The molecule has 0 aromatic heterocycles. The molecule has 2 aromatic carbocycles. The summed E-state index contributed by atoms with van der Waals surface area (Å²) in [5.74, 6) is -0.904. The van der Waals surface area contributed by atoms with Crippen LogP contribution in [0.25, 0.3) is 0 Å². The average molecular weight is 320 g/mol. The lowest BCUT2D eigenvalue weighted by Crippen LogP contribution is -2.01. The number of halogens is 1. The fourth-order valence-electron chi connectivity index (χ4n) is 1.73. The van der Waals surface area contributed by atoms with Crippen molar-refractivity contribution in [2.75, 3.05) is 0 Å². The van der Waals surface area contributed by atoms with Crippen LogP contribution in [0.2, 0.25) is 5.02 Å². The predicted molar refractivity (Wildman–Crippen MR) is 79.7 cm³/mol. The number of nitriles is 1. The minimum Gasteiger partial charge on any atom is -0.478 e. The third-order valence-electron chi connectivity index (χ3n) is 2.81. The molecule has 0 aliphatic heterocycles. The van der Waals surface area contributed by atoms with Gasteiger partial charge in [-0.25, -0.2) is 4.79 Å². The van der Waals surface area contributed by atoms with Crippen LogP contribution in [0, 0.1) is 11.3 Å². The van der Waals surface area contributed by atoms with Gasteiger partial charge in [0.1, 0.15) is 0 Å². The van der Waals surface area contributed by atoms with E-state index in [4.69, 9.17) is 22.0 Å². The van der Waals surface area contributed by atoms with Gasteiger partial charge < -0.3 is 5.11 Å². The summed E-state index contributed by atoms with van der Waals surface area (Å²) in [5, 5.41) is 18.1. The first kappa shape index (κ1) is 15.2. The Balaban J connectivity index is 2.24. The molecule has 2 aromatic rings. The van der Waals surface area contributed by atoms with Gasteiger partial charge in [0.15, 0.2) is 0 Å². The third-order valence-corrected chi connectivity index (χ3v) is 4.52. The molecule has 0 saturated heterocycles. The maximum atomic E-state index is 12.3. The number of carboxylic acids is 1. The van der Waals surface area contributed by atoms with Crippen molar-refractivity contribution in [2.24, 2.45) is 0 Å². The second-order valence-electron chi connectivity index (χ2n) is 4.24. The largest absolute Gasteiger partial charge is 0.478 e. The van der Waals surface area contributed by atoms with Crippen LogP contribution in [0.1, 0.15) is 21.5 Å². The fraction of sp³-hybridized carbons (Fsp3) is 0.0667. The smallest absolute Gasteiger partial charge is 0.335 e. The zero-order chi connectivity index (χ0) is 15.4. The van der Waals surface area contributed by atoms with E-state index in [1.807, 2.05) is 6.07 Å². The fourth-order valence-corrected chi connectivity index (χ4v) is 3.25. The van der Waals surface area contributed by atoms with Crippen LogP contribution in [0.15, 0.2) is 47.4 Å². The van der Waals surface area contributed by atoms with Crippen LogP contribution in [-0.4, -0.2) is 15.3 Å². The van der Waals surface area contributed by atoms with E-state index < -0.39 is 16.8 Å². The van der Waals surface area contributed by atoms with E-state index in [0.717, 1.165) is 0 Å². The van der Waals surface area contributed by atoms with Crippen LogP contribution in [0.3, 0.4) is 0 Å². The van der Waals surface area contributed by atoms with E-state index in [2.05, 4.69) is 0 Å². The highest BCUT2D eigenvalue weighted by Crippen LogP contribution is 2.22. The number of benzene rings is 2. The highest BCUT2D eigenvalue weighted by atomic mass is 35.5. The molecule has 0 heterocycles. The van der Waals surface area contributed by atoms with E-state index in [-0.39, 0.29) is 11.3 Å². The summed E-state index contributed by atoms with van der Waals surface area (Å²) in [5.41, 5.74) is 1.17. The maximum Gasteiger partial charge on any atom is 0.335 e. The van der Waals surface area contributed by atoms with E-state index >= 15 is 0 Å². The Morgan fingerprint density at radius 1 is 1.29 bits per heavy atom. The number of hydrogen-bond donors (Lipinski definition) is 1. The number of nitrogens with zero attached hydrogens (tertiary/aromatic N) is 1. The summed E-state index contributed by atoms with van der Waals surface area (Å²) in [6.07, 6.45) is 0. The highest BCUT2D eigenvalue weighted by molar-refractivity contribution is 7.84. The summed E-state index contributed by atoms with van der Waals surface area (Å²) in [7, 11) is -1.41. The van der Waals surface area contributed by atoms with Crippen molar-refractivity contribution in [3.8, 4) is 6.07 Å². The quantitative estimate of drug-likeness (QED) is 0.938. The average Bonchev–Trinajstić information content (AvgIpc) is 2.49. The topological polar surface area (TPSA) is 78.2 Å². The number of aromatic carboxylic acids is 1. The normalized spacial score (nSPS) is 11.6. The van der Waals surface area contributed by atoms with Gasteiger partial charge in [0.25, 0.3) is 0 Å². The molecule has 0 aliphatic rings. The molecule has 0 spiro atoms. The van der Waals surface area contributed by atoms with Crippen LogP contribution >= 0.6 is 11.6 Å². The number of carboxylic acid groups (broad SMARTS) is 1. The Kier molecular flexibility index (Phi) is 4.73. The molecule has 2 rings (SSSR count). The van der Waals surface area contributed by atoms with E-state index in [1.165, 1.54) is 18.2 Å². The molecule has 6 heteroatoms. The molecule has 0 saturated carbocycles. The van der Waals surface area contributed by atoms with Crippen LogP contribution in [-0.2, 0) is 16.6 Å². The number of hydrogen-bond acceptors (Lipinski definition) is 3. The SMILES string of the molecule is N#Cc1ccc(CS(=O)c2cccc(C(=O)O)c2)c(Cl)c1. The molecular formula is C15H10ClNO3S. The molecule has 0 fully saturated rings. The van der Waals surface area contributed by atoms with Crippen molar-refractivity contribution in [1.29, 1.82) is 5.26 Å². The molecule has 0 radical (unpaired) electrons. The van der Waals surface area contributed by atoms with Crippen molar-refractivity contribution in [3.63, 3.8) is 0 Å². The number of rotatable bonds is 4. The summed E-state index contributed by atoms with van der Waals surface area (Å²) in [6, 6.07) is 12.7. The van der Waals surface area contributed by atoms with Gasteiger partial charge in [0.05, 0.1) is 33.7 Å². The predicted octanol–water partition coefficient (Wildman–Crippen LogP) is 3.22. The summed E-state index contributed by atoms with van der Waals surface area (Å²) in [6.45, 7) is 0. The van der Waals surface area contributed by atoms with Crippen molar-refractivity contribution in [3.05, 3.63) is 64.2 Å². The molecule has 4 nitrogen and oxygen atoms in total. The van der Waals surface area contributed by atoms with Crippen molar-refractivity contribution in [1.82, 2.24) is 0 Å². The minimum absolute atomic E-state index is 0.0896. The Labute approximate surface area is 129 Å². The maximum absolute atomic E-state index is 12.3. The Bertz CT molecular complexity index is 768. The van der Waals surface area contributed by atoms with Crippen LogP contribution in [0.5, 0.6) is 0 Å². The lowest BCUT2D eigenvalue weighted by atomic mass is 10.2. The second kappa shape index (κ2) is 6.53. The molecule has 1 unspecified atom stereocenters. The molecule has 21 heavy (non-hydrogen) atoms. The summed E-state index contributed by atoms with van der Waals surface area (Å²) in [4.78, 5) is 11.3. The Morgan fingerprint density at radius 2 is 2.05 bits per heavy atom. The molecule has 0 bridgehead atoms. The van der Waals surface area contributed by atoms with Gasteiger partial charge in [0.2, 0.25) is 0 Å². The third kappa shape index (κ3) is 3.69. The lowest BCUT2D eigenvalue weighted by Gasteiger charge is -2.06. The first-order valence-corrected chi connectivity index (χ1v) is 7.61. The van der Waals surface area contributed by atoms with Gasteiger partial charge in [-0.3, -0.25) is 4.21 Å². The number of carbonyl (C=O) groups is 1. The van der Waals surface area contributed by atoms with Gasteiger partial charge in [-0.1, -0.05) is 23.7 Å². The van der Waals surface area contributed by atoms with Gasteiger partial charge in [-0.05, 0) is 35.9 Å². The van der Waals surface area contributed by atoms with Gasteiger partial charge in [0, 0.05) is 9.92 Å².